The van der Waals surface area contributed by atoms with Crippen molar-refractivity contribution in [2.24, 2.45) is 5.73 Å². The normalized spacial score (nSPS) is 21.2. The van der Waals surface area contributed by atoms with Gasteiger partial charge in [-0.3, -0.25) is 4.90 Å². The maximum Gasteiger partial charge on any atom is 0.317 e. The van der Waals surface area contributed by atoms with Gasteiger partial charge in [-0.05, 0) is 26.0 Å². The summed E-state index contributed by atoms with van der Waals surface area (Å²) >= 11 is 0. The van der Waals surface area contributed by atoms with E-state index in [9.17, 15) is 4.79 Å². The summed E-state index contributed by atoms with van der Waals surface area (Å²) in [5, 5.41) is 3.03. The van der Waals surface area contributed by atoms with Crippen LogP contribution in [0.5, 0.6) is 0 Å². The lowest BCUT2D eigenvalue weighted by Crippen LogP contribution is -2.44. The van der Waals surface area contributed by atoms with Crippen LogP contribution >= 0.6 is 0 Å². The van der Waals surface area contributed by atoms with E-state index in [1.54, 1.807) is 0 Å². The van der Waals surface area contributed by atoms with Crippen molar-refractivity contribution in [2.75, 3.05) is 32.7 Å². The van der Waals surface area contributed by atoms with E-state index >= 15 is 0 Å². The standard InChI is InChI=1S/C18H30N4O/c1-4-21(14(2)3)11-10-20-18(23)22-12-16(17(19)13-22)15-8-6-5-7-9-15/h5-9,14,16-17H,4,10-13,19H2,1-3H3,(H,20,23)/t16-,17+/m0/s1. The van der Waals surface area contributed by atoms with E-state index < -0.39 is 0 Å². The van der Waals surface area contributed by atoms with Crippen LogP contribution in [0.1, 0.15) is 32.3 Å². The van der Waals surface area contributed by atoms with E-state index in [0.29, 0.717) is 25.7 Å². The van der Waals surface area contributed by atoms with Crippen molar-refractivity contribution in [1.29, 1.82) is 0 Å². The molecule has 0 aliphatic carbocycles. The molecule has 0 bridgehead atoms. The first kappa shape index (κ1) is 17.8. The van der Waals surface area contributed by atoms with Crippen molar-refractivity contribution < 1.29 is 4.79 Å². The smallest absolute Gasteiger partial charge is 0.317 e. The number of nitrogens with two attached hydrogens (primary N) is 1. The fourth-order valence-corrected chi connectivity index (χ4v) is 3.25. The van der Waals surface area contributed by atoms with Crippen LogP contribution in [0.15, 0.2) is 30.3 Å². The van der Waals surface area contributed by atoms with Crippen LogP contribution in [0.2, 0.25) is 0 Å². The Morgan fingerprint density at radius 3 is 2.65 bits per heavy atom. The summed E-state index contributed by atoms with van der Waals surface area (Å²) in [4.78, 5) is 16.5. The van der Waals surface area contributed by atoms with Gasteiger partial charge in [-0.2, -0.15) is 0 Å². The van der Waals surface area contributed by atoms with Gasteiger partial charge in [0.25, 0.3) is 0 Å². The maximum atomic E-state index is 12.3. The third kappa shape index (κ3) is 4.69. The Morgan fingerprint density at radius 2 is 2.04 bits per heavy atom. The summed E-state index contributed by atoms with van der Waals surface area (Å²) in [6.07, 6.45) is 0. The van der Waals surface area contributed by atoms with Crippen molar-refractivity contribution in [1.82, 2.24) is 15.1 Å². The van der Waals surface area contributed by atoms with Gasteiger partial charge in [0.05, 0.1) is 0 Å². The molecule has 5 nitrogen and oxygen atoms in total. The average molecular weight is 318 g/mol. The Balaban J connectivity index is 1.82. The van der Waals surface area contributed by atoms with E-state index in [1.165, 1.54) is 5.56 Å². The van der Waals surface area contributed by atoms with Crippen molar-refractivity contribution in [3.05, 3.63) is 35.9 Å². The lowest BCUT2D eigenvalue weighted by Gasteiger charge is -2.25. The molecule has 5 heteroatoms. The number of amides is 2. The molecule has 2 rings (SSSR count). The molecule has 2 amide bonds. The summed E-state index contributed by atoms with van der Waals surface area (Å²) in [7, 11) is 0. The Labute approximate surface area is 139 Å². The highest BCUT2D eigenvalue weighted by atomic mass is 16.2. The Kier molecular flexibility index (Phi) is 6.42. The summed E-state index contributed by atoms with van der Waals surface area (Å²) < 4.78 is 0. The van der Waals surface area contributed by atoms with Crippen LogP contribution < -0.4 is 11.1 Å². The summed E-state index contributed by atoms with van der Waals surface area (Å²) in [6.45, 7) is 10.4. The van der Waals surface area contributed by atoms with Crippen molar-refractivity contribution >= 4 is 6.03 Å². The van der Waals surface area contributed by atoms with Crippen molar-refractivity contribution in [3.8, 4) is 0 Å². The number of urea groups is 1. The second-order valence-electron chi connectivity index (χ2n) is 6.54. The highest BCUT2D eigenvalue weighted by Crippen LogP contribution is 2.26. The molecule has 1 heterocycles. The zero-order valence-corrected chi connectivity index (χ0v) is 14.5. The zero-order valence-electron chi connectivity index (χ0n) is 14.5. The minimum atomic E-state index is -0.00121. The third-order valence-corrected chi connectivity index (χ3v) is 4.69. The van der Waals surface area contributed by atoms with Gasteiger partial charge in [-0.15, -0.1) is 0 Å². The number of nitrogens with zero attached hydrogens (tertiary/aromatic N) is 2. The molecule has 0 unspecified atom stereocenters. The fraction of sp³-hybridized carbons (Fsp3) is 0.611. The number of nitrogens with one attached hydrogen (secondary N) is 1. The molecule has 1 fully saturated rings. The highest BCUT2D eigenvalue weighted by Gasteiger charge is 2.33. The fourth-order valence-electron chi connectivity index (χ4n) is 3.25. The molecule has 23 heavy (non-hydrogen) atoms. The second kappa shape index (κ2) is 8.31. The maximum absolute atomic E-state index is 12.3. The van der Waals surface area contributed by atoms with Gasteiger partial charge < -0.3 is 16.0 Å². The molecule has 1 aromatic rings. The topological polar surface area (TPSA) is 61.6 Å². The number of likely N-dealkylation sites (tertiary alicyclic amines) is 1. The Morgan fingerprint density at radius 1 is 1.35 bits per heavy atom. The number of carbonyl (C=O) groups excluding carboxylic acids is 1. The molecule has 1 aliphatic rings. The van der Waals surface area contributed by atoms with E-state index in [0.717, 1.165) is 13.1 Å². The van der Waals surface area contributed by atoms with Gasteiger partial charge in [-0.25, -0.2) is 4.79 Å². The SMILES string of the molecule is CCN(CCNC(=O)N1C[C@@H](N)[C@H](c2ccccc2)C1)C(C)C. The largest absolute Gasteiger partial charge is 0.337 e. The quantitative estimate of drug-likeness (QED) is 0.841. The van der Waals surface area contributed by atoms with Crippen LogP contribution in [0.25, 0.3) is 0 Å². The number of likely N-dealkylation sites (N-methyl/N-ethyl adjacent to an activating group) is 1. The van der Waals surface area contributed by atoms with Crippen molar-refractivity contribution in [2.45, 2.75) is 38.8 Å². The first-order chi connectivity index (χ1) is 11.0. The van der Waals surface area contributed by atoms with Gasteiger partial charge in [-0.1, -0.05) is 37.3 Å². The molecule has 128 valence electrons. The first-order valence-electron chi connectivity index (χ1n) is 8.60. The van der Waals surface area contributed by atoms with Gasteiger partial charge in [0.15, 0.2) is 0 Å². The van der Waals surface area contributed by atoms with Gasteiger partial charge >= 0.3 is 6.03 Å². The van der Waals surface area contributed by atoms with Crippen LogP contribution in [-0.2, 0) is 0 Å². The predicted molar refractivity (Wildman–Crippen MR) is 94.5 cm³/mol. The lowest BCUT2D eigenvalue weighted by molar-refractivity contribution is 0.199. The van der Waals surface area contributed by atoms with Gasteiger partial charge in [0.1, 0.15) is 0 Å². The molecule has 0 aromatic heterocycles. The monoisotopic (exact) mass is 318 g/mol. The number of hydrogen-bond donors (Lipinski definition) is 2. The Bertz CT molecular complexity index is 491. The van der Waals surface area contributed by atoms with Gasteiger partial charge in [0.2, 0.25) is 0 Å². The third-order valence-electron chi connectivity index (χ3n) is 4.69. The van der Waals surface area contributed by atoms with E-state index in [-0.39, 0.29) is 18.0 Å². The van der Waals surface area contributed by atoms with Crippen LogP contribution in [0, 0.1) is 0 Å². The summed E-state index contributed by atoms with van der Waals surface area (Å²) in [5.41, 5.74) is 7.46. The van der Waals surface area contributed by atoms with E-state index in [1.807, 2.05) is 23.1 Å². The molecule has 0 saturated carbocycles. The molecule has 1 aliphatic heterocycles. The van der Waals surface area contributed by atoms with Crippen LogP contribution in [-0.4, -0.2) is 60.6 Å². The molecule has 0 radical (unpaired) electrons. The molecule has 1 aromatic carbocycles. The summed E-state index contributed by atoms with van der Waals surface area (Å²) in [6, 6.07) is 10.7. The van der Waals surface area contributed by atoms with Crippen molar-refractivity contribution in [3.63, 3.8) is 0 Å². The lowest BCUT2D eigenvalue weighted by atomic mass is 9.95. The number of benzene rings is 1. The van der Waals surface area contributed by atoms with Gasteiger partial charge in [0, 0.05) is 44.2 Å². The minimum absolute atomic E-state index is 0.00121. The van der Waals surface area contributed by atoms with E-state index in [2.05, 4.69) is 43.1 Å². The molecular weight excluding hydrogens is 288 g/mol. The summed E-state index contributed by atoms with van der Waals surface area (Å²) in [5.74, 6) is 0.227. The van der Waals surface area contributed by atoms with Crippen LogP contribution in [0.4, 0.5) is 4.79 Å². The molecule has 1 saturated heterocycles. The predicted octanol–water partition coefficient (Wildman–Crippen LogP) is 1.85. The average Bonchev–Trinajstić information content (AvgIpc) is 2.94. The molecule has 2 atom stereocenters. The molecular formula is C18H30N4O. The van der Waals surface area contributed by atoms with E-state index in [4.69, 9.17) is 5.73 Å². The number of hydrogen-bond acceptors (Lipinski definition) is 3. The number of carbonyl (C=O) groups is 1. The second-order valence-corrected chi connectivity index (χ2v) is 6.54. The molecule has 3 N–H and O–H groups in total. The zero-order chi connectivity index (χ0) is 16.8. The highest BCUT2D eigenvalue weighted by molar-refractivity contribution is 5.74. The Hall–Kier alpha value is -1.59. The van der Waals surface area contributed by atoms with Crippen LogP contribution in [0.3, 0.4) is 0 Å². The molecule has 0 spiro atoms. The minimum Gasteiger partial charge on any atom is -0.337 e. The first-order valence-corrected chi connectivity index (χ1v) is 8.60. The number of rotatable bonds is 6.